The number of hydrogen-bond donors (Lipinski definition) is 1. The van der Waals surface area contributed by atoms with Gasteiger partial charge in [0.25, 0.3) is 0 Å². The third kappa shape index (κ3) is 6.90. The molecule has 0 aliphatic rings. The Balaban J connectivity index is 1.46. The van der Waals surface area contributed by atoms with Crippen LogP contribution in [0.25, 0.3) is 12.2 Å². The topological polar surface area (TPSA) is 81.8 Å². The van der Waals surface area contributed by atoms with Crippen molar-refractivity contribution in [3.63, 3.8) is 0 Å². The molecule has 0 atom stereocenters. The van der Waals surface area contributed by atoms with E-state index >= 15 is 0 Å². The molecular weight excluding hydrogens is 549 g/mol. The highest BCUT2D eigenvalue weighted by molar-refractivity contribution is 6.35. The van der Waals surface area contributed by atoms with E-state index in [4.69, 9.17) is 53.9 Å². The number of carboxylic acids is 1. The first-order valence-corrected chi connectivity index (χ1v) is 12.8. The minimum atomic E-state index is -0.975. The molecule has 4 rings (SSSR count). The summed E-state index contributed by atoms with van der Waals surface area (Å²) in [6.07, 6.45) is 3.63. The number of ether oxygens (including phenoxy) is 2. The van der Waals surface area contributed by atoms with E-state index in [9.17, 15) is 4.79 Å². The van der Waals surface area contributed by atoms with Gasteiger partial charge in [0.15, 0.2) is 0 Å². The molecule has 0 saturated heterocycles. The Morgan fingerprint density at radius 2 is 1.79 bits per heavy atom. The van der Waals surface area contributed by atoms with Crippen molar-refractivity contribution in [1.82, 2.24) is 5.16 Å². The van der Waals surface area contributed by atoms with Crippen LogP contribution in [0.5, 0.6) is 11.5 Å². The van der Waals surface area contributed by atoms with Crippen molar-refractivity contribution in [2.75, 3.05) is 0 Å². The van der Waals surface area contributed by atoms with Gasteiger partial charge in [-0.1, -0.05) is 78.1 Å². The maximum Gasteiger partial charge on any atom is 0.335 e. The van der Waals surface area contributed by atoms with Crippen LogP contribution in [0.2, 0.25) is 15.1 Å². The molecule has 0 aliphatic heterocycles. The predicted molar refractivity (Wildman–Crippen MR) is 149 cm³/mol. The summed E-state index contributed by atoms with van der Waals surface area (Å²) < 4.78 is 17.5. The molecule has 38 heavy (non-hydrogen) atoms. The molecule has 1 N–H and O–H groups in total. The van der Waals surface area contributed by atoms with E-state index in [1.807, 2.05) is 38.1 Å². The quantitative estimate of drug-likeness (QED) is 0.191. The number of rotatable bonds is 10. The van der Waals surface area contributed by atoms with Gasteiger partial charge in [-0.2, -0.15) is 0 Å². The molecule has 4 aromatic rings. The van der Waals surface area contributed by atoms with Crippen molar-refractivity contribution in [3.05, 3.63) is 109 Å². The van der Waals surface area contributed by atoms with Crippen molar-refractivity contribution in [2.24, 2.45) is 0 Å². The fourth-order valence-electron chi connectivity index (χ4n) is 3.67. The van der Waals surface area contributed by atoms with Crippen LogP contribution in [0.1, 0.15) is 58.3 Å². The minimum absolute atomic E-state index is 0.0877. The van der Waals surface area contributed by atoms with Gasteiger partial charge in [0.1, 0.15) is 36.2 Å². The van der Waals surface area contributed by atoms with E-state index in [0.29, 0.717) is 38.0 Å². The first-order chi connectivity index (χ1) is 18.2. The number of hydrogen-bond acceptors (Lipinski definition) is 5. The molecule has 3 aromatic carbocycles. The summed E-state index contributed by atoms with van der Waals surface area (Å²) >= 11 is 18.7. The number of benzene rings is 3. The van der Waals surface area contributed by atoms with E-state index in [1.165, 1.54) is 0 Å². The molecule has 0 aliphatic carbocycles. The van der Waals surface area contributed by atoms with Crippen LogP contribution in [-0.2, 0) is 13.2 Å². The van der Waals surface area contributed by atoms with Gasteiger partial charge >= 0.3 is 5.97 Å². The molecule has 6 nitrogen and oxygen atoms in total. The Labute approximate surface area is 235 Å². The molecule has 0 radical (unpaired) electrons. The molecule has 0 unspecified atom stereocenters. The Morgan fingerprint density at radius 1 is 0.974 bits per heavy atom. The van der Waals surface area contributed by atoms with Crippen molar-refractivity contribution in [3.8, 4) is 11.5 Å². The monoisotopic (exact) mass is 571 g/mol. The molecule has 0 fully saturated rings. The molecule has 0 bridgehead atoms. The Bertz CT molecular complexity index is 1480. The van der Waals surface area contributed by atoms with E-state index in [0.717, 1.165) is 16.7 Å². The lowest BCUT2D eigenvalue weighted by atomic mass is 10.1. The zero-order valence-electron chi connectivity index (χ0n) is 20.6. The fraction of sp³-hybridized carbons (Fsp3) is 0.172. The Kier molecular flexibility index (Phi) is 9.00. The van der Waals surface area contributed by atoms with Crippen molar-refractivity contribution < 1.29 is 23.9 Å². The number of aromatic nitrogens is 1. The molecule has 0 amide bonds. The van der Waals surface area contributed by atoms with Gasteiger partial charge in [0.2, 0.25) is 0 Å². The maximum atomic E-state index is 11.2. The summed E-state index contributed by atoms with van der Waals surface area (Å²) in [7, 11) is 0. The number of carboxylic acid groups (broad SMARTS) is 1. The molecule has 0 spiro atoms. The lowest BCUT2D eigenvalue weighted by Crippen LogP contribution is -2.05. The molecular formula is C29H24Cl3NO5. The number of carbonyl (C=O) groups is 1. The molecule has 196 valence electrons. The number of aromatic carboxylic acids is 1. The van der Waals surface area contributed by atoms with Crippen LogP contribution in [0.4, 0.5) is 0 Å². The highest BCUT2D eigenvalue weighted by Gasteiger charge is 2.20. The van der Waals surface area contributed by atoms with Crippen LogP contribution in [0.15, 0.2) is 65.2 Å². The molecule has 9 heteroatoms. The minimum Gasteiger partial charge on any atom is -0.489 e. The Morgan fingerprint density at radius 3 is 2.50 bits per heavy atom. The van der Waals surface area contributed by atoms with Gasteiger partial charge in [-0.05, 0) is 59.7 Å². The lowest BCUT2D eigenvalue weighted by Gasteiger charge is -2.11. The summed E-state index contributed by atoms with van der Waals surface area (Å²) in [6, 6.07) is 17.0. The number of halogens is 3. The van der Waals surface area contributed by atoms with Crippen LogP contribution >= 0.6 is 34.8 Å². The highest BCUT2D eigenvalue weighted by atomic mass is 35.5. The normalized spacial score (nSPS) is 11.3. The third-order valence-electron chi connectivity index (χ3n) is 5.63. The van der Waals surface area contributed by atoms with Crippen molar-refractivity contribution in [2.45, 2.75) is 33.0 Å². The van der Waals surface area contributed by atoms with E-state index in [1.54, 1.807) is 48.5 Å². The smallest absolute Gasteiger partial charge is 0.335 e. The van der Waals surface area contributed by atoms with E-state index in [2.05, 4.69) is 5.16 Å². The van der Waals surface area contributed by atoms with Gasteiger partial charge in [-0.25, -0.2) is 4.79 Å². The van der Waals surface area contributed by atoms with Crippen LogP contribution in [0, 0.1) is 0 Å². The predicted octanol–water partition coefficient (Wildman–Crippen LogP) is 8.78. The third-order valence-corrected chi connectivity index (χ3v) is 6.48. The average Bonchev–Trinajstić information content (AvgIpc) is 3.29. The molecule has 0 saturated carbocycles. The second-order valence-electron chi connectivity index (χ2n) is 8.73. The van der Waals surface area contributed by atoms with Gasteiger partial charge in [-0.15, -0.1) is 0 Å². The van der Waals surface area contributed by atoms with Crippen molar-refractivity contribution >= 4 is 52.9 Å². The fourth-order valence-corrected chi connectivity index (χ4v) is 4.36. The largest absolute Gasteiger partial charge is 0.489 e. The van der Waals surface area contributed by atoms with Gasteiger partial charge in [-0.3, -0.25) is 0 Å². The molecule has 1 aromatic heterocycles. The zero-order chi connectivity index (χ0) is 27.2. The summed E-state index contributed by atoms with van der Waals surface area (Å²) in [4.78, 5) is 11.2. The van der Waals surface area contributed by atoms with E-state index < -0.39 is 5.97 Å². The van der Waals surface area contributed by atoms with Gasteiger partial charge in [0, 0.05) is 10.9 Å². The number of nitrogens with zero attached hydrogens (tertiary/aromatic N) is 1. The van der Waals surface area contributed by atoms with Gasteiger partial charge in [0.05, 0.1) is 21.2 Å². The van der Waals surface area contributed by atoms with E-state index in [-0.39, 0.29) is 24.7 Å². The summed E-state index contributed by atoms with van der Waals surface area (Å²) in [5.41, 5.74) is 3.14. The second kappa shape index (κ2) is 12.4. The van der Waals surface area contributed by atoms with Crippen LogP contribution in [-0.4, -0.2) is 16.2 Å². The SMILES string of the molecule is CC(C)c1onc(COc2ccc(Cl)cc2Cl)c1COc1ccc(/C=C/c2cccc(C(=O)O)c2)c(Cl)c1. The van der Waals surface area contributed by atoms with Crippen molar-refractivity contribution in [1.29, 1.82) is 0 Å². The summed E-state index contributed by atoms with van der Waals surface area (Å²) in [6.45, 7) is 4.37. The van der Waals surface area contributed by atoms with Crippen LogP contribution in [0.3, 0.4) is 0 Å². The first-order valence-electron chi connectivity index (χ1n) is 11.7. The lowest BCUT2D eigenvalue weighted by molar-refractivity contribution is 0.0697. The Hall–Kier alpha value is -3.45. The highest BCUT2D eigenvalue weighted by Crippen LogP contribution is 2.31. The van der Waals surface area contributed by atoms with Gasteiger partial charge < -0.3 is 19.1 Å². The second-order valence-corrected chi connectivity index (χ2v) is 9.98. The average molecular weight is 573 g/mol. The standard InChI is InChI=1S/C29H24Cl3NO5/c1-17(2)28-23(26(33-38-28)16-37-27-11-9-21(30)13-25(27)32)15-36-22-10-8-19(24(31)14-22)7-6-18-4-3-5-20(12-18)29(34)35/h3-14,17H,15-16H2,1-2H3,(H,34,35)/b7-6+. The maximum absolute atomic E-state index is 11.2. The molecule has 1 heterocycles. The summed E-state index contributed by atoms with van der Waals surface area (Å²) in [5.74, 6) is 0.882. The first kappa shape index (κ1) is 27.6. The summed E-state index contributed by atoms with van der Waals surface area (Å²) in [5, 5.41) is 14.8. The zero-order valence-corrected chi connectivity index (χ0v) is 22.8. The van der Waals surface area contributed by atoms with Crippen LogP contribution < -0.4 is 9.47 Å².